The van der Waals surface area contributed by atoms with Gasteiger partial charge in [0.05, 0.1) is 24.2 Å². The molecule has 0 spiro atoms. The molecule has 5 rings (SSSR count). The smallest absolute Gasteiger partial charge is 0.160 e. The predicted octanol–water partition coefficient (Wildman–Crippen LogP) is 11.0. The molecule has 0 aliphatic rings. The zero-order valence-electron chi connectivity index (χ0n) is 30.6. The largest absolute Gasteiger partial charge is 0.698 e. The molecule has 0 atom stereocenters. The van der Waals surface area contributed by atoms with Crippen molar-refractivity contribution in [3.8, 4) is 11.1 Å². The van der Waals surface area contributed by atoms with E-state index in [2.05, 4.69) is 134 Å². The van der Waals surface area contributed by atoms with Gasteiger partial charge in [-0.25, -0.2) is 0 Å². The average Bonchev–Trinajstić information content (AvgIpc) is 3.09. The summed E-state index contributed by atoms with van der Waals surface area (Å²) < 4.78 is 1.33. The molecule has 0 fully saturated rings. The Balaban J connectivity index is 0.000000387. The molecular weight excluding hydrogens is 665 g/mol. The summed E-state index contributed by atoms with van der Waals surface area (Å²) in [4.78, 5) is 0. The number of hydrogen-bond donors (Lipinski definition) is 0. The molecule has 263 valence electrons. The van der Waals surface area contributed by atoms with Crippen LogP contribution in [0.1, 0.15) is 55.4 Å². The van der Waals surface area contributed by atoms with Crippen molar-refractivity contribution in [1.29, 1.82) is 0 Å². The van der Waals surface area contributed by atoms with Crippen LogP contribution < -0.4 is 24.9 Å². The van der Waals surface area contributed by atoms with Crippen molar-refractivity contribution in [1.82, 2.24) is 8.97 Å². The van der Waals surface area contributed by atoms with Crippen molar-refractivity contribution in [3.63, 3.8) is 0 Å². The van der Waals surface area contributed by atoms with E-state index in [1.165, 1.54) is 27.3 Å². The second-order valence-electron chi connectivity index (χ2n) is 13.9. The molecule has 0 unspecified atom stereocenters. The Morgan fingerprint density at radius 1 is 0.469 bits per heavy atom. The van der Waals surface area contributed by atoms with E-state index < -0.39 is 7.92 Å². The summed E-state index contributed by atoms with van der Waals surface area (Å²) in [5.41, 5.74) is 13.0. The second-order valence-corrected chi connectivity index (χ2v) is 16.3. The van der Waals surface area contributed by atoms with Gasteiger partial charge in [-0.3, -0.25) is 0 Å². The van der Waals surface area contributed by atoms with Gasteiger partial charge >= 0.3 is 0 Å². The molecular formula is C44H56CuN3P. The van der Waals surface area contributed by atoms with Crippen LogP contribution in [0, 0.1) is 14.1 Å². The van der Waals surface area contributed by atoms with Crippen molar-refractivity contribution < 1.29 is 17.1 Å². The first-order valence-corrected chi connectivity index (χ1v) is 18.8. The maximum Gasteiger partial charge on any atom is 0.160 e. The number of rotatable bonds is 10. The standard InChI is InChI=1S/C32H45N2P.C12H10N.Cu/c1-24(2)33(9,25(3)4)29-20-14-16-22-31(29)35(28-18-12-11-13-19-28)32-23-17-15-21-30(32)34(10,26(5)6)27(7)8;13-12-9-5-4-8-11(12)10-6-2-1-3-7-10;/h11-27H,9-10H2,1-8H3;1-9,13H;/q;-1;/p+1. The monoisotopic (exact) mass is 720 g/mol. The average molecular weight is 721 g/mol. The summed E-state index contributed by atoms with van der Waals surface area (Å²) in [7, 11) is 8.32. The summed E-state index contributed by atoms with van der Waals surface area (Å²) in [5.74, 6) is 0. The van der Waals surface area contributed by atoms with E-state index >= 15 is 0 Å². The molecule has 1 N–H and O–H groups in total. The van der Waals surface area contributed by atoms with E-state index in [9.17, 15) is 0 Å². The first-order valence-electron chi connectivity index (χ1n) is 17.3. The number of hydrogen-bond acceptors (Lipinski definition) is 0. The van der Waals surface area contributed by atoms with Gasteiger partial charge < -0.3 is 14.7 Å². The normalized spacial score (nSPS) is 11.9. The van der Waals surface area contributed by atoms with Gasteiger partial charge in [-0.15, -0.1) is 19.8 Å². The van der Waals surface area contributed by atoms with Gasteiger partial charge in [0.1, 0.15) is 24.6 Å². The fraction of sp³-hybridized carbons (Fsp3) is 0.273. The molecule has 3 nitrogen and oxygen atoms in total. The van der Waals surface area contributed by atoms with Crippen LogP contribution in [0.3, 0.4) is 0 Å². The molecule has 0 amide bonds. The third kappa shape index (κ3) is 8.57. The molecule has 0 aromatic heterocycles. The summed E-state index contributed by atoms with van der Waals surface area (Å²) >= 11 is 0. The van der Waals surface area contributed by atoms with Crippen LogP contribution in [-0.4, -0.2) is 24.2 Å². The summed E-state index contributed by atoms with van der Waals surface area (Å²) in [6, 6.07) is 48.3. The third-order valence-corrected chi connectivity index (χ3v) is 12.8. The van der Waals surface area contributed by atoms with E-state index in [1.54, 1.807) is 0 Å². The molecule has 5 heteroatoms. The number of benzene rings is 5. The second kappa shape index (κ2) is 17.6. The van der Waals surface area contributed by atoms with Gasteiger partial charge in [0, 0.05) is 29.2 Å². The van der Waals surface area contributed by atoms with E-state index in [1.807, 2.05) is 54.6 Å². The minimum atomic E-state index is -1.34. The number of nitrogens with one attached hydrogen (secondary N) is 1. The maximum absolute atomic E-state index is 7.71. The summed E-state index contributed by atoms with van der Waals surface area (Å²) in [5, 5.41) is 4.25. The first kappa shape index (κ1) is 40.2. The van der Waals surface area contributed by atoms with Crippen LogP contribution in [0.2, 0.25) is 0 Å². The van der Waals surface area contributed by atoms with Crippen LogP contribution in [0.15, 0.2) is 133 Å². The van der Waals surface area contributed by atoms with Crippen LogP contribution in [0.4, 0.5) is 17.1 Å². The van der Waals surface area contributed by atoms with Crippen LogP contribution in [0.5, 0.6) is 0 Å². The van der Waals surface area contributed by atoms with Gasteiger partial charge in [-0.1, -0.05) is 97.1 Å². The number of para-hydroxylation sites is 2. The minimum absolute atomic E-state index is 0. The van der Waals surface area contributed by atoms with Crippen molar-refractivity contribution in [3.05, 3.63) is 153 Å². The quantitative estimate of drug-likeness (QED) is 0.0594. The SMILES string of the molecule is [CH2-][N+](c1ccccc1[PH+](c1ccccc1)c1ccccc1[N+]([CH2-])(C(C)C)C(C)C)(C(C)C)C(C)C.[Cu].[NH-]c1ccccc1-c1ccccc1. The molecule has 0 bridgehead atoms. The van der Waals surface area contributed by atoms with E-state index in [0.717, 1.165) is 11.1 Å². The molecule has 49 heavy (non-hydrogen) atoms. The van der Waals surface area contributed by atoms with Crippen LogP contribution in [0.25, 0.3) is 16.9 Å². The Kier molecular flexibility index (Phi) is 14.5. The molecule has 0 saturated carbocycles. The first-order chi connectivity index (χ1) is 22.8. The summed E-state index contributed by atoms with van der Waals surface area (Å²) in [6.07, 6.45) is 0. The Morgan fingerprint density at radius 2 is 0.816 bits per heavy atom. The minimum Gasteiger partial charge on any atom is -0.698 e. The fourth-order valence-electron chi connectivity index (χ4n) is 6.81. The van der Waals surface area contributed by atoms with Gasteiger partial charge in [-0.2, -0.15) is 0 Å². The zero-order valence-corrected chi connectivity index (χ0v) is 32.6. The molecule has 0 aliphatic carbocycles. The molecule has 0 heterocycles. The van der Waals surface area contributed by atoms with E-state index in [4.69, 9.17) is 19.8 Å². The van der Waals surface area contributed by atoms with Crippen LogP contribution >= 0.6 is 7.92 Å². The Hall–Kier alpha value is -3.23. The van der Waals surface area contributed by atoms with Gasteiger partial charge in [0.25, 0.3) is 0 Å². The van der Waals surface area contributed by atoms with E-state index in [0.29, 0.717) is 38.8 Å². The van der Waals surface area contributed by atoms with Crippen molar-refractivity contribution in [2.45, 2.75) is 79.6 Å². The molecule has 0 aliphatic heterocycles. The predicted molar refractivity (Wildman–Crippen MR) is 217 cm³/mol. The topological polar surface area (TPSA) is 23.8 Å². The van der Waals surface area contributed by atoms with Crippen LogP contribution in [-0.2, 0) is 17.1 Å². The van der Waals surface area contributed by atoms with Crippen molar-refractivity contribution in [2.75, 3.05) is 0 Å². The number of quaternary nitrogens is 2. The van der Waals surface area contributed by atoms with Crippen molar-refractivity contribution in [2.24, 2.45) is 0 Å². The Bertz CT molecular complexity index is 1650. The van der Waals surface area contributed by atoms with Gasteiger partial charge in [-0.05, 0) is 90.8 Å². The third-order valence-electron chi connectivity index (χ3n) is 10.0. The Morgan fingerprint density at radius 3 is 1.22 bits per heavy atom. The molecule has 1 radical (unpaired) electrons. The molecule has 5 aromatic rings. The van der Waals surface area contributed by atoms with Crippen molar-refractivity contribution >= 4 is 40.9 Å². The fourth-order valence-corrected chi connectivity index (χ4v) is 9.87. The molecule has 0 saturated heterocycles. The maximum atomic E-state index is 7.71. The number of nitrogens with zero attached hydrogens (tertiary/aromatic N) is 2. The molecule has 5 aromatic carbocycles. The summed E-state index contributed by atoms with van der Waals surface area (Å²) in [6.45, 7) is 18.3. The van der Waals surface area contributed by atoms with E-state index in [-0.39, 0.29) is 17.1 Å². The Labute approximate surface area is 309 Å². The van der Waals surface area contributed by atoms with Gasteiger partial charge in [0.15, 0.2) is 10.6 Å². The zero-order chi connectivity index (χ0) is 35.1. The van der Waals surface area contributed by atoms with Gasteiger partial charge in [0.2, 0.25) is 0 Å².